The third kappa shape index (κ3) is 3.83. The van der Waals surface area contributed by atoms with Crippen LogP contribution in [0.25, 0.3) is 0 Å². The number of carbonyl (C=O) groups excluding carboxylic acids is 1. The van der Waals surface area contributed by atoms with E-state index in [1.807, 2.05) is 32.0 Å². The van der Waals surface area contributed by atoms with Crippen molar-refractivity contribution < 1.29 is 4.79 Å². The number of nitrogens with zero attached hydrogens (tertiary/aromatic N) is 1. The zero-order valence-electron chi connectivity index (χ0n) is 12.4. The van der Waals surface area contributed by atoms with Gasteiger partial charge in [-0.1, -0.05) is 13.0 Å². The highest BCUT2D eigenvalue weighted by atomic mass is 79.9. The van der Waals surface area contributed by atoms with Gasteiger partial charge in [0.05, 0.1) is 11.7 Å². The van der Waals surface area contributed by atoms with Gasteiger partial charge in [0.1, 0.15) is 0 Å². The number of benzene rings is 1. The van der Waals surface area contributed by atoms with Crippen molar-refractivity contribution in [3.8, 4) is 0 Å². The summed E-state index contributed by atoms with van der Waals surface area (Å²) in [6, 6.07) is 5.90. The topological polar surface area (TPSA) is 32.3 Å². The van der Waals surface area contributed by atoms with Gasteiger partial charge in [0.15, 0.2) is 0 Å². The van der Waals surface area contributed by atoms with Gasteiger partial charge < -0.3 is 5.32 Å². The number of carbonyl (C=O) groups is 1. The van der Waals surface area contributed by atoms with Gasteiger partial charge in [-0.2, -0.15) is 0 Å². The fourth-order valence-corrected chi connectivity index (χ4v) is 3.13. The molecule has 1 amide bonds. The second kappa shape index (κ2) is 6.72. The predicted molar refractivity (Wildman–Crippen MR) is 86.9 cm³/mol. The molecular weight excluding hydrogens is 316 g/mol. The van der Waals surface area contributed by atoms with E-state index in [1.165, 1.54) is 18.4 Å². The lowest BCUT2D eigenvalue weighted by atomic mass is 9.98. The van der Waals surface area contributed by atoms with Crippen LogP contribution in [-0.4, -0.2) is 29.9 Å². The number of amides is 1. The molecule has 110 valence electrons. The molecule has 1 saturated heterocycles. The summed E-state index contributed by atoms with van der Waals surface area (Å²) in [7, 11) is 0. The van der Waals surface area contributed by atoms with Crippen molar-refractivity contribution in [2.24, 2.45) is 5.92 Å². The lowest BCUT2D eigenvalue weighted by Gasteiger charge is -2.34. The van der Waals surface area contributed by atoms with Crippen LogP contribution in [0.15, 0.2) is 22.7 Å². The van der Waals surface area contributed by atoms with Crippen molar-refractivity contribution in [1.82, 2.24) is 4.90 Å². The number of hydrogen-bond donors (Lipinski definition) is 1. The summed E-state index contributed by atoms with van der Waals surface area (Å²) in [6.07, 6.45) is 2.37. The highest BCUT2D eigenvalue weighted by molar-refractivity contribution is 9.10. The van der Waals surface area contributed by atoms with Crippen LogP contribution in [0.1, 0.15) is 32.3 Å². The van der Waals surface area contributed by atoms with Crippen molar-refractivity contribution in [3.05, 3.63) is 28.2 Å². The molecule has 0 saturated carbocycles. The molecule has 0 aliphatic carbocycles. The van der Waals surface area contributed by atoms with Crippen LogP contribution >= 0.6 is 15.9 Å². The average Bonchev–Trinajstić information content (AvgIpc) is 2.42. The molecule has 1 aliphatic rings. The largest absolute Gasteiger partial charge is 0.324 e. The Morgan fingerprint density at radius 3 is 2.65 bits per heavy atom. The van der Waals surface area contributed by atoms with E-state index in [1.54, 1.807) is 0 Å². The van der Waals surface area contributed by atoms with E-state index >= 15 is 0 Å². The number of piperidine rings is 1. The van der Waals surface area contributed by atoms with Crippen LogP contribution in [-0.2, 0) is 4.79 Å². The first kappa shape index (κ1) is 15.5. The quantitative estimate of drug-likeness (QED) is 0.908. The van der Waals surface area contributed by atoms with Crippen LogP contribution in [0.2, 0.25) is 0 Å². The summed E-state index contributed by atoms with van der Waals surface area (Å²) in [5.74, 6) is 0.858. The Hall–Kier alpha value is -0.870. The SMILES string of the molecule is Cc1ccc(NC(=O)[C@@H](C)N2CCC(C)CC2)c(Br)c1. The molecular formula is C16H23BrN2O. The Bertz CT molecular complexity index is 481. The Morgan fingerprint density at radius 2 is 2.05 bits per heavy atom. The number of likely N-dealkylation sites (tertiary alicyclic amines) is 1. The van der Waals surface area contributed by atoms with Crippen molar-refractivity contribution in [2.45, 2.75) is 39.7 Å². The van der Waals surface area contributed by atoms with E-state index in [2.05, 4.69) is 33.1 Å². The Balaban J connectivity index is 1.97. The average molecular weight is 339 g/mol. The second-order valence-electron chi connectivity index (χ2n) is 5.87. The molecule has 1 fully saturated rings. The van der Waals surface area contributed by atoms with Gasteiger partial charge in [-0.3, -0.25) is 9.69 Å². The molecule has 0 unspecified atom stereocenters. The lowest BCUT2D eigenvalue weighted by Crippen LogP contribution is -2.45. The summed E-state index contributed by atoms with van der Waals surface area (Å²) in [5, 5.41) is 3.02. The maximum absolute atomic E-state index is 12.4. The molecule has 1 aromatic rings. The fraction of sp³-hybridized carbons (Fsp3) is 0.562. The van der Waals surface area contributed by atoms with E-state index in [9.17, 15) is 4.79 Å². The molecule has 0 spiro atoms. The van der Waals surface area contributed by atoms with E-state index in [4.69, 9.17) is 0 Å². The Labute approximate surface area is 129 Å². The normalized spacial score (nSPS) is 18.8. The van der Waals surface area contributed by atoms with Crippen LogP contribution in [0.4, 0.5) is 5.69 Å². The maximum Gasteiger partial charge on any atom is 0.241 e. The van der Waals surface area contributed by atoms with Crippen molar-refractivity contribution in [2.75, 3.05) is 18.4 Å². The van der Waals surface area contributed by atoms with E-state index in [-0.39, 0.29) is 11.9 Å². The molecule has 3 nitrogen and oxygen atoms in total. The van der Waals surface area contributed by atoms with Gasteiger partial charge in [0, 0.05) is 4.47 Å². The van der Waals surface area contributed by atoms with E-state index in [0.717, 1.165) is 29.2 Å². The molecule has 0 radical (unpaired) electrons. The number of rotatable bonds is 3. The number of hydrogen-bond acceptors (Lipinski definition) is 2. The van der Waals surface area contributed by atoms with E-state index < -0.39 is 0 Å². The second-order valence-corrected chi connectivity index (χ2v) is 6.72. The van der Waals surface area contributed by atoms with Crippen LogP contribution in [0.5, 0.6) is 0 Å². The summed E-state index contributed by atoms with van der Waals surface area (Å²) in [4.78, 5) is 14.6. The molecule has 2 rings (SSSR count). The van der Waals surface area contributed by atoms with Gasteiger partial charge in [0.2, 0.25) is 5.91 Å². The van der Waals surface area contributed by atoms with Crippen molar-refractivity contribution in [1.29, 1.82) is 0 Å². The molecule has 1 aromatic carbocycles. The number of nitrogens with one attached hydrogen (secondary N) is 1. The first-order valence-electron chi connectivity index (χ1n) is 7.28. The monoisotopic (exact) mass is 338 g/mol. The zero-order valence-corrected chi connectivity index (χ0v) is 14.0. The van der Waals surface area contributed by atoms with Crippen LogP contribution in [0.3, 0.4) is 0 Å². The standard InChI is InChI=1S/C16H23BrN2O/c1-11-6-8-19(9-7-11)13(3)16(20)18-15-5-4-12(2)10-14(15)17/h4-5,10-11,13H,6-9H2,1-3H3,(H,18,20)/t13-/m1/s1. The highest BCUT2D eigenvalue weighted by Gasteiger charge is 2.25. The third-order valence-electron chi connectivity index (χ3n) is 4.13. The maximum atomic E-state index is 12.4. The minimum Gasteiger partial charge on any atom is -0.324 e. The van der Waals surface area contributed by atoms with E-state index in [0.29, 0.717) is 0 Å². The van der Waals surface area contributed by atoms with Gasteiger partial charge in [-0.25, -0.2) is 0 Å². The Morgan fingerprint density at radius 1 is 1.40 bits per heavy atom. The lowest BCUT2D eigenvalue weighted by molar-refractivity contribution is -0.121. The summed E-state index contributed by atoms with van der Waals surface area (Å²) < 4.78 is 0.935. The highest BCUT2D eigenvalue weighted by Crippen LogP contribution is 2.24. The smallest absolute Gasteiger partial charge is 0.241 e. The first-order valence-corrected chi connectivity index (χ1v) is 8.07. The molecule has 20 heavy (non-hydrogen) atoms. The first-order chi connectivity index (χ1) is 9.47. The van der Waals surface area contributed by atoms with Crippen molar-refractivity contribution >= 4 is 27.5 Å². The van der Waals surface area contributed by atoms with Gasteiger partial charge in [0.25, 0.3) is 0 Å². The van der Waals surface area contributed by atoms with Gasteiger partial charge in [-0.05, 0) is 79.3 Å². The zero-order chi connectivity index (χ0) is 14.7. The predicted octanol–water partition coefficient (Wildman–Crippen LogP) is 3.82. The molecule has 1 N–H and O–H groups in total. The summed E-state index contributed by atoms with van der Waals surface area (Å²) >= 11 is 3.50. The molecule has 4 heteroatoms. The molecule has 0 bridgehead atoms. The number of aryl methyl sites for hydroxylation is 1. The van der Waals surface area contributed by atoms with Crippen LogP contribution in [0, 0.1) is 12.8 Å². The minimum absolute atomic E-state index is 0.0732. The molecule has 1 aliphatic heterocycles. The number of halogens is 1. The number of anilines is 1. The Kier molecular flexibility index (Phi) is 5.22. The van der Waals surface area contributed by atoms with Crippen LogP contribution < -0.4 is 5.32 Å². The summed E-state index contributed by atoms with van der Waals surface area (Å²) in [6.45, 7) is 8.35. The fourth-order valence-electron chi connectivity index (χ4n) is 2.54. The van der Waals surface area contributed by atoms with Gasteiger partial charge >= 0.3 is 0 Å². The van der Waals surface area contributed by atoms with Gasteiger partial charge in [-0.15, -0.1) is 0 Å². The minimum atomic E-state index is -0.0734. The summed E-state index contributed by atoms with van der Waals surface area (Å²) in [5.41, 5.74) is 2.02. The molecule has 0 aromatic heterocycles. The third-order valence-corrected chi connectivity index (χ3v) is 4.78. The van der Waals surface area contributed by atoms with Crippen molar-refractivity contribution in [3.63, 3.8) is 0 Å². The molecule has 1 atom stereocenters. The molecule has 1 heterocycles.